The lowest BCUT2D eigenvalue weighted by molar-refractivity contribution is -0.141. The van der Waals surface area contributed by atoms with E-state index in [9.17, 15) is 9.59 Å². The van der Waals surface area contributed by atoms with E-state index in [0.29, 0.717) is 5.69 Å². The first-order valence-electron chi connectivity index (χ1n) is 7.71. The van der Waals surface area contributed by atoms with Crippen molar-refractivity contribution in [2.45, 2.75) is 25.8 Å². The lowest BCUT2D eigenvalue weighted by Crippen LogP contribution is -2.38. The van der Waals surface area contributed by atoms with Crippen LogP contribution in [0.1, 0.15) is 30.3 Å². The van der Waals surface area contributed by atoms with Crippen molar-refractivity contribution in [3.63, 3.8) is 0 Å². The van der Waals surface area contributed by atoms with Gasteiger partial charge >= 0.3 is 5.97 Å². The highest BCUT2D eigenvalue weighted by atomic mass is 16.4. The number of amides is 1. The number of rotatable bonds is 6. The fraction of sp³-hybridized carbons (Fsp3) is 0.353. The Morgan fingerprint density at radius 1 is 1.30 bits per heavy atom. The average molecular weight is 313 g/mol. The fourth-order valence-corrected chi connectivity index (χ4v) is 2.47. The molecule has 1 amide bonds. The molecule has 23 heavy (non-hydrogen) atoms. The van der Waals surface area contributed by atoms with Gasteiger partial charge in [-0.1, -0.05) is 25.1 Å². The summed E-state index contributed by atoms with van der Waals surface area (Å²) in [4.78, 5) is 25.4. The Bertz CT molecular complexity index is 707. The van der Waals surface area contributed by atoms with Gasteiger partial charge in [-0.05, 0) is 31.0 Å². The predicted molar refractivity (Wildman–Crippen MR) is 84.4 cm³/mol. The van der Waals surface area contributed by atoms with Crippen LogP contribution < -0.4 is 0 Å². The molecule has 120 valence electrons. The summed E-state index contributed by atoms with van der Waals surface area (Å²) in [6.45, 7) is 1.84. The third kappa shape index (κ3) is 3.41. The number of carbonyl (C=O) groups is 2. The van der Waals surface area contributed by atoms with E-state index in [1.54, 1.807) is 28.8 Å². The first-order chi connectivity index (χ1) is 11.1. The Hall–Kier alpha value is -2.63. The van der Waals surface area contributed by atoms with Crippen LogP contribution in [-0.2, 0) is 4.79 Å². The van der Waals surface area contributed by atoms with Crippen molar-refractivity contribution in [2.75, 3.05) is 6.54 Å². The maximum Gasteiger partial charge on any atom is 0.308 e. The molecule has 3 rings (SSSR count). The Kier molecular flexibility index (Phi) is 4.14. The zero-order valence-corrected chi connectivity index (χ0v) is 12.9. The molecule has 6 nitrogen and oxygen atoms in total. The highest BCUT2D eigenvalue weighted by Gasteiger charge is 2.35. The topological polar surface area (TPSA) is 75.4 Å². The highest BCUT2D eigenvalue weighted by Crippen LogP contribution is 2.29. The monoisotopic (exact) mass is 313 g/mol. The second-order valence-corrected chi connectivity index (χ2v) is 5.91. The Balaban J connectivity index is 1.78. The minimum absolute atomic E-state index is 0.145. The van der Waals surface area contributed by atoms with Crippen LogP contribution in [0.4, 0.5) is 0 Å². The summed E-state index contributed by atoms with van der Waals surface area (Å²) in [5.41, 5.74) is 1.22. The lowest BCUT2D eigenvalue weighted by atomic mass is 10.1. The van der Waals surface area contributed by atoms with Gasteiger partial charge in [-0.2, -0.15) is 5.10 Å². The van der Waals surface area contributed by atoms with E-state index in [0.717, 1.165) is 18.5 Å². The maximum absolute atomic E-state index is 12.7. The van der Waals surface area contributed by atoms with Crippen molar-refractivity contribution < 1.29 is 14.7 Å². The van der Waals surface area contributed by atoms with E-state index in [2.05, 4.69) is 5.10 Å². The molecule has 1 aliphatic carbocycles. The van der Waals surface area contributed by atoms with Crippen LogP contribution in [-0.4, -0.2) is 44.3 Å². The van der Waals surface area contributed by atoms with E-state index in [-0.39, 0.29) is 18.5 Å². The molecule has 0 unspecified atom stereocenters. The molecule has 0 bridgehead atoms. The van der Waals surface area contributed by atoms with Crippen molar-refractivity contribution in [3.8, 4) is 5.69 Å². The summed E-state index contributed by atoms with van der Waals surface area (Å²) in [6, 6.07) is 11.4. The van der Waals surface area contributed by atoms with Gasteiger partial charge in [0.25, 0.3) is 5.91 Å². The molecule has 1 atom stereocenters. The Labute approximate surface area is 134 Å². The van der Waals surface area contributed by atoms with E-state index < -0.39 is 11.9 Å². The predicted octanol–water partition coefficient (Wildman–Crippen LogP) is 2.20. The quantitative estimate of drug-likeness (QED) is 0.887. The van der Waals surface area contributed by atoms with Crippen molar-refractivity contribution in [1.82, 2.24) is 14.7 Å². The molecule has 1 saturated carbocycles. The normalized spacial score (nSPS) is 15.2. The maximum atomic E-state index is 12.7. The molecule has 0 spiro atoms. The molecular weight excluding hydrogens is 294 g/mol. The van der Waals surface area contributed by atoms with Crippen LogP contribution in [0, 0.1) is 5.92 Å². The van der Waals surface area contributed by atoms with Crippen molar-refractivity contribution in [2.24, 2.45) is 5.92 Å². The number of aromatic nitrogens is 2. The summed E-state index contributed by atoms with van der Waals surface area (Å²) in [7, 11) is 0. The Morgan fingerprint density at radius 3 is 2.61 bits per heavy atom. The van der Waals surface area contributed by atoms with Gasteiger partial charge in [0.1, 0.15) is 0 Å². The third-order valence-electron chi connectivity index (χ3n) is 3.97. The largest absolute Gasteiger partial charge is 0.481 e. The zero-order chi connectivity index (χ0) is 16.4. The summed E-state index contributed by atoms with van der Waals surface area (Å²) < 4.78 is 1.65. The lowest BCUT2D eigenvalue weighted by Gasteiger charge is -2.23. The minimum atomic E-state index is -0.890. The van der Waals surface area contributed by atoms with Crippen molar-refractivity contribution in [1.29, 1.82) is 0 Å². The number of carboxylic acid groups (broad SMARTS) is 1. The zero-order valence-electron chi connectivity index (χ0n) is 12.9. The summed E-state index contributed by atoms with van der Waals surface area (Å²) in [5.74, 6) is -1.68. The number of para-hydroxylation sites is 1. The summed E-state index contributed by atoms with van der Waals surface area (Å²) in [5, 5.41) is 13.4. The van der Waals surface area contributed by atoms with Crippen LogP contribution in [0.25, 0.3) is 5.69 Å². The second-order valence-electron chi connectivity index (χ2n) is 5.91. The molecular formula is C17H19N3O3. The number of carbonyl (C=O) groups excluding carboxylic acids is 1. The number of nitrogens with zero attached hydrogens (tertiary/aromatic N) is 3. The van der Waals surface area contributed by atoms with Gasteiger partial charge in [0.15, 0.2) is 5.69 Å². The number of hydrogen-bond donors (Lipinski definition) is 1. The number of hydrogen-bond acceptors (Lipinski definition) is 3. The van der Waals surface area contributed by atoms with E-state index in [1.165, 1.54) is 0 Å². The van der Waals surface area contributed by atoms with E-state index in [4.69, 9.17) is 5.11 Å². The molecule has 2 aromatic rings. The van der Waals surface area contributed by atoms with Crippen LogP contribution >= 0.6 is 0 Å². The SMILES string of the molecule is C[C@@H](CN(C(=O)c1ccn(-c2ccccc2)n1)C1CC1)C(=O)O. The smallest absolute Gasteiger partial charge is 0.308 e. The van der Waals surface area contributed by atoms with Crippen LogP contribution in [0.5, 0.6) is 0 Å². The van der Waals surface area contributed by atoms with Gasteiger partial charge in [0.2, 0.25) is 0 Å². The molecule has 0 aliphatic heterocycles. The van der Waals surface area contributed by atoms with Crippen molar-refractivity contribution in [3.05, 3.63) is 48.3 Å². The molecule has 1 N–H and O–H groups in total. The van der Waals surface area contributed by atoms with E-state index >= 15 is 0 Å². The molecule has 1 fully saturated rings. The molecule has 1 aromatic carbocycles. The van der Waals surface area contributed by atoms with Gasteiger partial charge in [-0.25, -0.2) is 4.68 Å². The minimum Gasteiger partial charge on any atom is -0.481 e. The molecule has 1 aromatic heterocycles. The van der Waals surface area contributed by atoms with Gasteiger partial charge in [-0.3, -0.25) is 9.59 Å². The standard InChI is InChI=1S/C17H19N3O3/c1-12(17(22)23)11-19(13-7-8-13)16(21)15-9-10-20(18-15)14-5-3-2-4-6-14/h2-6,9-10,12-13H,7-8,11H2,1H3,(H,22,23)/t12-/m0/s1. The molecule has 1 heterocycles. The molecule has 6 heteroatoms. The molecule has 0 radical (unpaired) electrons. The fourth-order valence-electron chi connectivity index (χ4n) is 2.47. The first kappa shape index (κ1) is 15.3. The Morgan fingerprint density at radius 2 is 2.00 bits per heavy atom. The highest BCUT2D eigenvalue weighted by molar-refractivity contribution is 5.93. The number of aliphatic carboxylic acids is 1. The van der Waals surface area contributed by atoms with Gasteiger partial charge in [-0.15, -0.1) is 0 Å². The first-order valence-corrected chi connectivity index (χ1v) is 7.71. The number of benzene rings is 1. The van der Waals surface area contributed by atoms with Gasteiger partial charge in [0, 0.05) is 18.8 Å². The van der Waals surface area contributed by atoms with Crippen molar-refractivity contribution >= 4 is 11.9 Å². The van der Waals surface area contributed by atoms with Gasteiger partial charge in [0.05, 0.1) is 11.6 Å². The average Bonchev–Trinajstić information content (AvgIpc) is 3.28. The van der Waals surface area contributed by atoms with Crippen LogP contribution in [0.15, 0.2) is 42.6 Å². The summed E-state index contributed by atoms with van der Waals surface area (Å²) in [6.07, 6.45) is 3.60. The van der Waals surface area contributed by atoms with E-state index in [1.807, 2.05) is 30.3 Å². The van der Waals surface area contributed by atoms with Gasteiger partial charge < -0.3 is 10.0 Å². The van der Waals surface area contributed by atoms with Crippen LogP contribution in [0.2, 0.25) is 0 Å². The molecule has 0 saturated heterocycles. The van der Waals surface area contributed by atoms with Crippen LogP contribution in [0.3, 0.4) is 0 Å². The third-order valence-corrected chi connectivity index (χ3v) is 3.97. The second kappa shape index (κ2) is 6.24. The molecule has 1 aliphatic rings. The summed E-state index contributed by atoms with van der Waals surface area (Å²) >= 11 is 0. The number of carboxylic acids is 1.